The average molecular weight is 409 g/mol. The Labute approximate surface area is 181 Å². The fourth-order valence-corrected chi connectivity index (χ4v) is 4.41. The number of rotatable bonds is 5. The molecular formula is C26H23N3O2. The number of carboxylic acid groups (broad SMARTS) is 1. The number of hydrogen-bond acceptors (Lipinski definition) is 4. The molecule has 1 N–H and O–H groups in total. The average Bonchev–Trinajstić information content (AvgIpc) is 3.50. The number of benzene rings is 2. The van der Waals surface area contributed by atoms with Gasteiger partial charge in [-0.15, -0.1) is 0 Å². The van der Waals surface area contributed by atoms with Crippen molar-refractivity contribution >= 4 is 28.6 Å². The normalized spacial score (nSPS) is 16.0. The molecule has 0 radical (unpaired) electrons. The largest absolute Gasteiger partial charge is 0.478 e. The van der Waals surface area contributed by atoms with E-state index >= 15 is 0 Å². The fourth-order valence-electron chi connectivity index (χ4n) is 4.41. The van der Waals surface area contributed by atoms with Crippen LogP contribution in [-0.4, -0.2) is 34.9 Å². The summed E-state index contributed by atoms with van der Waals surface area (Å²) in [6.07, 6.45) is 6.38. The molecule has 5 nitrogen and oxygen atoms in total. The third-order valence-corrected chi connectivity index (χ3v) is 5.96. The number of aromatic carboxylic acids is 1. The van der Waals surface area contributed by atoms with Crippen molar-refractivity contribution in [2.75, 3.05) is 18.0 Å². The summed E-state index contributed by atoms with van der Waals surface area (Å²) in [7, 11) is 0. The first-order chi connectivity index (χ1) is 15.2. The van der Waals surface area contributed by atoms with E-state index in [0.29, 0.717) is 12.0 Å². The highest BCUT2D eigenvalue weighted by Crippen LogP contribution is 2.38. The molecule has 0 atom stereocenters. The first-order valence-corrected chi connectivity index (χ1v) is 10.6. The molecule has 5 heteroatoms. The molecule has 1 fully saturated rings. The highest BCUT2D eigenvalue weighted by Gasteiger charge is 2.25. The number of aromatic nitrogens is 1. The molecule has 154 valence electrons. The highest BCUT2D eigenvalue weighted by atomic mass is 16.4. The smallest absolute Gasteiger partial charge is 0.337 e. The maximum atomic E-state index is 12.1. The zero-order valence-electron chi connectivity index (χ0n) is 17.2. The van der Waals surface area contributed by atoms with E-state index in [1.165, 1.54) is 0 Å². The second kappa shape index (κ2) is 8.19. The summed E-state index contributed by atoms with van der Waals surface area (Å²) in [6.45, 7) is 1.82. The van der Waals surface area contributed by atoms with Gasteiger partial charge in [0.1, 0.15) is 0 Å². The third kappa shape index (κ3) is 3.75. The molecule has 5 rings (SSSR count). The first-order valence-electron chi connectivity index (χ1n) is 10.6. The molecule has 0 spiro atoms. The highest BCUT2D eigenvalue weighted by molar-refractivity contribution is 6.17. The SMILES string of the molecule is O=C(O)c1cc(C2=C(c3ccncc3)N=C(c3ccccc3)C2)ccc1N1CCCC1. The van der Waals surface area contributed by atoms with Crippen molar-refractivity contribution in [3.63, 3.8) is 0 Å². The van der Waals surface area contributed by atoms with Crippen LogP contribution in [0.3, 0.4) is 0 Å². The maximum absolute atomic E-state index is 12.1. The Morgan fingerprint density at radius 3 is 2.32 bits per heavy atom. The number of carboxylic acids is 1. The number of carbonyl (C=O) groups is 1. The van der Waals surface area contributed by atoms with Gasteiger partial charge in [-0.25, -0.2) is 4.79 Å². The number of aliphatic imine (C=N–C) groups is 1. The standard InChI is InChI=1S/C26H23N3O2/c30-26(31)22-16-20(8-9-24(22)29-14-4-5-15-29)21-17-23(18-6-2-1-3-7-18)28-25(21)19-10-12-27-13-11-19/h1-3,6-13,16H,4-5,14-15,17H2,(H,30,31). The monoisotopic (exact) mass is 409 g/mol. The van der Waals surface area contributed by atoms with E-state index in [4.69, 9.17) is 4.99 Å². The van der Waals surface area contributed by atoms with Gasteiger partial charge < -0.3 is 10.0 Å². The van der Waals surface area contributed by atoms with Crippen LogP contribution in [0.5, 0.6) is 0 Å². The van der Waals surface area contributed by atoms with Gasteiger partial charge in [-0.1, -0.05) is 36.4 Å². The van der Waals surface area contributed by atoms with Crippen molar-refractivity contribution in [1.82, 2.24) is 4.98 Å². The molecule has 31 heavy (non-hydrogen) atoms. The van der Waals surface area contributed by atoms with E-state index in [0.717, 1.165) is 65.3 Å². The Morgan fingerprint density at radius 1 is 0.871 bits per heavy atom. The van der Waals surface area contributed by atoms with E-state index < -0.39 is 5.97 Å². The van der Waals surface area contributed by atoms with E-state index in [-0.39, 0.29) is 0 Å². The Morgan fingerprint density at radius 2 is 1.61 bits per heavy atom. The van der Waals surface area contributed by atoms with Gasteiger partial charge in [0.15, 0.2) is 0 Å². The fraction of sp³-hybridized carbons (Fsp3) is 0.192. The number of allylic oxidation sites excluding steroid dienone is 1. The van der Waals surface area contributed by atoms with Crippen molar-refractivity contribution in [1.29, 1.82) is 0 Å². The lowest BCUT2D eigenvalue weighted by atomic mass is 9.94. The molecule has 1 saturated heterocycles. The lowest BCUT2D eigenvalue weighted by Crippen LogP contribution is -2.20. The maximum Gasteiger partial charge on any atom is 0.337 e. The Balaban J connectivity index is 1.60. The molecule has 3 aromatic rings. The van der Waals surface area contributed by atoms with E-state index in [2.05, 4.69) is 22.0 Å². The predicted octanol–water partition coefficient (Wildman–Crippen LogP) is 5.14. The van der Waals surface area contributed by atoms with Crippen molar-refractivity contribution in [3.05, 3.63) is 95.3 Å². The van der Waals surface area contributed by atoms with Crippen molar-refractivity contribution in [3.8, 4) is 0 Å². The predicted molar refractivity (Wildman–Crippen MR) is 123 cm³/mol. The summed E-state index contributed by atoms with van der Waals surface area (Å²) < 4.78 is 0. The second-order valence-electron chi connectivity index (χ2n) is 7.90. The summed E-state index contributed by atoms with van der Waals surface area (Å²) in [4.78, 5) is 23.4. The Bertz CT molecular complexity index is 1180. The summed E-state index contributed by atoms with van der Waals surface area (Å²) in [5.74, 6) is -0.892. The molecule has 1 aromatic heterocycles. The summed E-state index contributed by atoms with van der Waals surface area (Å²) >= 11 is 0. The van der Waals surface area contributed by atoms with Crippen LogP contribution in [0, 0.1) is 0 Å². The summed E-state index contributed by atoms with van der Waals surface area (Å²) in [5, 5.41) is 9.93. The van der Waals surface area contributed by atoms with Crippen molar-refractivity contribution in [2.45, 2.75) is 19.3 Å². The van der Waals surface area contributed by atoms with Crippen LogP contribution < -0.4 is 4.90 Å². The van der Waals surface area contributed by atoms with Gasteiger partial charge >= 0.3 is 5.97 Å². The molecule has 3 heterocycles. The van der Waals surface area contributed by atoms with Crippen molar-refractivity contribution in [2.24, 2.45) is 4.99 Å². The van der Waals surface area contributed by atoms with E-state index in [9.17, 15) is 9.90 Å². The lowest BCUT2D eigenvalue weighted by molar-refractivity contribution is 0.0697. The summed E-state index contributed by atoms with van der Waals surface area (Å²) in [5.41, 5.74) is 7.04. The van der Waals surface area contributed by atoms with Crippen LogP contribution in [0.4, 0.5) is 5.69 Å². The number of nitrogens with zero attached hydrogens (tertiary/aromatic N) is 3. The quantitative estimate of drug-likeness (QED) is 0.634. The van der Waals surface area contributed by atoms with Crippen LogP contribution in [0.2, 0.25) is 0 Å². The van der Waals surface area contributed by atoms with E-state index in [1.807, 2.05) is 48.5 Å². The molecule has 0 amide bonds. The molecule has 2 aliphatic rings. The van der Waals surface area contributed by atoms with Gasteiger partial charge in [0.2, 0.25) is 0 Å². The molecule has 0 unspecified atom stereocenters. The topological polar surface area (TPSA) is 65.8 Å². The zero-order chi connectivity index (χ0) is 21.2. The van der Waals surface area contributed by atoms with Crippen molar-refractivity contribution < 1.29 is 9.90 Å². The molecule has 2 aliphatic heterocycles. The Kier molecular flexibility index (Phi) is 5.08. The Hall–Kier alpha value is -3.73. The number of hydrogen-bond donors (Lipinski definition) is 1. The van der Waals surface area contributed by atoms with Gasteiger partial charge in [-0.05, 0) is 53.8 Å². The van der Waals surface area contributed by atoms with E-state index in [1.54, 1.807) is 12.4 Å². The second-order valence-corrected chi connectivity index (χ2v) is 7.90. The lowest BCUT2D eigenvalue weighted by Gasteiger charge is -2.21. The summed E-state index contributed by atoms with van der Waals surface area (Å²) in [6, 6.07) is 19.8. The molecule has 2 aromatic carbocycles. The van der Waals surface area contributed by atoms with Gasteiger partial charge in [0.05, 0.1) is 22.7 Å². The third-order valence-electron chi connectivity index (χ3n) is 5.96. The minimum absolute atomic E-state index is 0.356. The van der Waals surface area contributed by atoms with Gasteiger partial charge in [0.25, 0.3) is 0 Å². The zero-order valence-corrected chi connectivity index (χ0v) is 17.2. The van der Waals surface area contributed by atoms with Crippen LogP contribution >= 0.6 is 0 Å². The van der Waals surface area contributed by atoms with Crippen LogP contribution in [0.25, 0.3) is 11.3 Å². The molecule has 0 aliphatic carbocycles. The minimum atomic E-state index is -0.892. The van der Waals surface area contributed by atoms with Gasteiger partial charge in [0, 0.05) is 37.5 Å². The minimum Gasteiger partial charge on any atom is -0.478 e. The molecule has 0 bridgehead atoms. The van der Waals surface area contributed by atoms with Crippen LogP contribution in [-0.2, 0) is 0 Å². The molecular weight excluding hydrogens is 386 g/mol. The number of anilines is 1. The van der Waals surface area contributed by atoms with Crippen LogP contribution in [0.1, 0.15) is 46.3 Å². The van der Waals surface area contributed by atoms with Crippen LogP contribution in [0.15, 0.2) is 78.0 Å². The van der Waals surface area contributed by atoms with Gasteiger partial charge in [-0.2, -0.15) is 0 Å². The van der Waals surface area contributed by atoms with Gasteiger partial charge in [-0.3, -0.25) is 9.98 Å². The first kappa shape index (κ1) is 19.2. The number of pyridine rings is 1. The molecule has 0 saturated carbocycles.